The van der Waals surface area contributed by atoms with Gasteiger partial charge in [-0.25, -0.2) is 4.39 Å². The summed E-state index contributed by atoms with van der Waals surface area (Å²) in [6.45, 7) is 4.31. The van der Waals surface area contributed by atoms with Crippen LogP contribution in [0.4, 0.5) is 4.39 Å². The SMILES string of the molecule is CCCc1ccc(-c2ccc3cc(CCC)sc3c2)c(F)c1. The number of thiophene rings is 1. The molecule has 0 nitrogen and oxygen atoms in total. The van der Waals surface area contributed by atoms with Crippen LogP contribution in [0.3, 0.4) is 0 Å². The normalized spacial score (nSPS) is 11.2. The monoisotopic (exact) mass is 312 g/mol. The van der Waals surface area contributed by atoms with Crippen LogP contribution in [0.25, 0.3) is 21.2 Å². The molecule has 0 saturated carbocycles. The first-order chi connectivity index (χ1) is 10.7. The van der Waals surface area contributed by atoms with Crippen LogP contribution in [0.15, 0.2) is 42.5 Å². The van der Waals surface area contributed by atoms with E-state index in [2.05, 4.69) is 32.0 Å². The fourth-order valence-corrected chi connectivity index (χ4v) is 4.07. The number of halogens is 1. The number of hydrogen-bond donors (Lipinski definition) is 0. The van der Waals surface area contributed by atoms with Crippen molar-refractivity contribution in [1.82, 2.24) is 0 Å². The van der Waals surface area contributed by atoms with Crippen LogP contribution in [0.5, 0.6) is 0 Å². The Morgan fingerprint density at radius 3 is 2.45 bits per heavy atom. The van der Waals surface area contributed by atoms with E-state index in [0.29, 0.717) is 5.56 Å². The van der Waals surface area contributed by atoms with Gasteiger partial charge in [-0.1, -0.05) is 51.0 Å². The molecule has 22 heavy (non-hydrogen) atoms. The highest BCUT2D eigenvalue weighted by Crippen LogP contribution is 2.32. The highest BCUT2D eigenvalue weighted by atomic mass is 32.1. The van der Waals surface area contributed by atoms with Crippen molar-refractivity contribution < 1.29 is 4.39 Å². The molecule has 0 unspecified atom stereocenters. The zero-order chi connectivity index (χ0) is 15.5. The Morgan fingerprint density at radius 1 is 0.909 bits per heavy atom. The molecule has 114 valence electrons. The topological polar surface area (TPSA) is 0 Å². The Hall–Kier alpha value is -1.67. The van der Waals surface area contributed by atoms with Crippen LogP contribution in [0, 0.1) is 5.82 Å². The third-order valence-corrected chi connectivity index (χ3v) is 5.11. The van der Waals surface area contributed by atoms with E-state index < -0.39 is 0 Å². The molecule has 0 atom stereocenters. The maximum Gasteiger partial charge on any atom is 0.131 e. The summed E-state index contributed by atoms with van der Waals surface area (Å²) in [7, 11) is 0. The predicted molar refractivity (Wildman–Crippen MR) is 95.2 cm³/mol. The average Bonchev–Trinajstić information content (AvgIpc) is 2.89. The lowest BCUT2D eigenvalue weighted by molar-refractivity contribution is 0.628. The van der Waals surface area contributed by atoms with E-state index in [9.17, 15) is 4.39 Å². The zero-order valence-electron chi connectivity index (χ0n) is 13.2. The maximum absolute atomic E-state index is 14.4. The summed E-state index contributed by atoms with van der Waals surface area (Å²) in [6, 6.07) is 14.2. The van der Waals surface area contributed by atoms with Gasteiger partial charge in [-0.3, -0.25) is 0 Å². The summed E-state index contributed by atoms with van der Waals surface area (Å²) in [5.41, 5.74) is 2.75. The van der Waals surface area contributed by atoms with Crippen LogP contribution < -0.4 is 0 Å². The summed E-state index contributed by atoms with van der Waals surface area (Å²) in [6.07, 6.45) is 4.25. The third kappa shape index (κ3) is 3.07. The Morgan fingerprint density at radius 2 is 1.73 bits per heavy atom. The second kappa shape index (κ2) is 6.62. The van der Waals surface area contributed by atoms with Gasteiger partial charge in [-0.15, -0.1) is 11.3 Å². The minimum absolute atomic E-state index is 0.115. The summed E-state index contributed by atoms with van der Waals surface area (Å²) in [5.74, 6) is -0.115. The van der Waals surface area contributed by atoms with Crippen LogP contribution in [-0.2, 0) is 12.8 Å². The van der Waals surface area contributed by atoms with Crippen LogP contribution in [0.1, 0.15) is 37.1 Å². The lowest BCUT2D eigenvalue weighted by atomic mass is 10.0. The molecule has 0 bridgehead atoms. The van der Waals surface area contributed by atoms with Gasteiger partial charge >= 0.3 is 0 Å². The molecular formula is C20H21FS. The number of rotatable bonds is 5. The zero-order valence-corrected chi connectivity index (χ0v) is 14.0. The van der Waals surface area contributed by atoms with Crippen molar-refractivity contribution >= 4 is 21.4 Å². The standard InChI is InChI=1S/C20H21FS/c1-3-5-14-7-10-18(19(21)11-14)15-8-9-16-12-17(6-4-2)22-20(16)13-15/h7-13H,3-6H2,1-2H3. The van der Waals surface area contributed by atoms with E-state index in [1.807, 2.05) is 29.5 Å². The average molecular weight is 312 g/mol. The molecule has 0 spiro atoms. The van der Waals surface area contributed by atoms with Gasteiger partial charge in [0.15, 0.2) is 0 Å². The Labute approximate surface area is 135 Å². The van der Waals surface area contributed by atoms with Gasteiger partial charge in [0.05, 0.1) is 0 Å². The maximum atomic E-state index is 14.4. The third-order valence-electron chi connectivity index (χ3n) is 3.95. The molecule has 0 aliphatic heterocycles. The Kier molecular flexibility index (Phi) is 4.58. The molecule has 0 fully saturated rings. The van der Waals surface area contributed by atoms with Gasteiger partial charge in [0.1, 0.15) is 5.82 Å². The Balaban J connectivity index is 1.98. The first-order valence-electron chi connectivity index (χ1n) is 8.02. The summed E-state index contributed by atoms with van der Waals surface area (Å²) >= 11 is 1.83. The quantitative estimate of drug-likeness (QED) is 0.497. The van der Waals surface area contributed by atoms with Crippen LogP contribution in [-0.4, -0.2) is 0 Å². The van der Waals surface area contributed by atoms with Crippen molar-refractivity contribution in [3.05, 3.63) is 58.7 Å². The lowest BCUT2D eigenvalue weighted by Gasteiger charge is -2.06. The number of aryl methyl sites for hydroxylation is 2. The van der Waals surface area contributed by atoms with E-state index in [1.54, 1.807) is 6.07 Å². The molecule has 0 aliphatic carbocycles. The van der Waals surface area contributed by atoms with Crippen molar-refractivity contribution in [3.8, 4) is 11.1 Å². The summed E-state index contributed by atoms with van der Waals surface area (Å²) in [4.78, 5) is 1.41. The van der Waals surface area contributed by atoms with Crippen molar-refractivity contribution in [3.63, 3.8) is 0 Å². The molecule has 0 N–H and O–H groups in total. The van der Waals surface area contributed by atoms with E-state index in [4.69, 9.17) is 0 Å². The second-order valence-electron chi connectivity index (χ2n) is 5.78. The largest absolute Gasteiger partial charge is 0.206 e. The predicted octanol–water partition coefficient (Wildman–Crippen LogP) is 6.61. The van der Waals surface area contributed by atoms with Crippen molar-refractivity contribution in [1.29, 1.82) is 0 Å². The molecule has 3 rings (SSSR count). The fourth-order valence-electron chi connectivity index (χ4n) is 2.86. The molecule has 1 heterocycles. The molecule has 0 amide bonds. The molecule has 0 aliphatic rings. The first-order valence-corrected chi connectivity index (χ1v) is 8.84. The van der Waals surface area contributed by atoms with E-state index in [-0.39, 0.29) is 5.82 Å². The Bertz CT molecular complexity index is 786. The van der Waals surface area contributed by atoms with Gasteiger partial charge in [0.2, 0.25) is 0 Å². The second-order valence-corrected chi connectivity index (χ2v) is 6.95. The summed E-state index contributed by atoms with van der Waals surface area (Å²) in [5, 5.41) is 1.26. The molecule has 3 aromatic rings. The molecule has 0 saturated heterocycles. The lowest BCUT2D eigenvalue weighted by Crippen LogP contribution is -1.89. The summed E-state index contributed by atoms with van der Waals surface area (Å²) < 4.78 is 15.6. The smallest absolute Gasteiger partial charge is 0.131 e. The molecular weight excluding hydrogens is 291 g/mol. The van der Waals surface area contributed by atoms with Crippen molar-refractivity contribution in [2.45, 2.75) is 39.5 Å². The minimum Gasteiger partial charge on any atom is -0.206 e. The van der Waals surface area contributed by atoms with Gasteiger partial charge in [-0.05, 0) is 47.6 Å². The minimum atomic E-state index is -0.115. The van der Waals surface area contributed by atoms with E-state index >= 15 is 0 Å². The van der Waals surface area contributed by atoms with Crippen LogP contribution in [0.2, 0.25) is 0 Å². The molecule has 0 radical (unpaired) electrons. The van der Waals surface area contributed by atoms with Crippen molar-refractivity contribution in [2.24, 2.45) is 0 Å². The van der Waals surface area contributed by atoms with E-state index in [1.165, 1.54) is 15.0 Å². The number of benzene rings is 2. The van der Waals surface area contributed by atoms with E-state index in [0.717, 1.165) is 36.8 Å². The van der Waals surface area contributed by atoms with Crippen LogP contribution >= 0.6 is 11.3 Å². The highest BCUT2D eigenvalue weighted by molar-refractivity contribution is 7.19. The molecule has 2 aromatic carbocycles. The molecule has 2 heteroatoms. The van der Waals surface area contributed by atoms with Gasteiger partial charge in [0.25, 0.3) is 0 Å². The number of hydrogen-bond acceptors (Lipinski definition) is 1. The number of fused-ring (bicyclic) bond motifs is 1. The fraction of sp³-hybridized carbons (Fsp3) is 0.300. The van der Waals surface area contributed by atoms with Gasteiger partial charge in [-0.2, -0.15) is 0 Å². The highest BCUT2D eigenvalue weighted by Gasteiger charge is 2.08. The molecule has 1 aromatic heterocycles. The first kappa shape index (κ1) is 15.2. The van der Waals surface area contributed by atoms with Crippen molar-refractivity contribution in [2.75, 3.05) is 0 Å². The van der Waals surface area contributed by atoms with Gasteiger partial charge < -0.3 is 0 Å². The van der Waals surface area contributed by atoms with Gasteiger partial charge in [0, 0.05) is 15.1 Å².